The van der Waals surface area contributed by atoms with Crippen LogP contribution in [0.3, 0.4) is 0 Å². The molecule has 0 saturated carbocycles. The third-order valence-corrected chi connectivity index (χ3v) is 4.65. The number of nitrogens with zero attached hydrogens (tertiary/aromatic N) is 3. The van der Waals surface area contributed by atoms with E-state index in [1.165, 1.54) is 0 Å². The predicted octanol–water partition coefficient (Wildman–Crippen LogP) is 2.18. The molecule has 0 fully saturated rings. The van der Waals surface area contributed by atoms with Gasteiger partial charge in [-0.05, 0) is 43.4 Å². The minimum absolute atomic E-state index is 0.0291. The van der Waals surface area contributed by atoms with Gasteiger partial charge in [-0.15, -0.1) is 0 Å². The maximum absolute atomic E-state index is 6.99. The van der Waals surface area contributed by atoms with Crippen molar-refractivity contribution < 1.29 is 0 Å². The Bertz CT molecular complexity index is 736. The van der Waals surface area contributed by atoms with Crippen molar-refractivity contribution in [3.8, 4) is 0 Å². The van der Waals surface area contributed by atoms with Crippen molar-refractivity contribution in [3.63, 3.8) is 0 Å². The Morgan fingerprint density at radius 3 is 1.65 bits per heavy atom. The van der Waals surface area contributed by atoms with Crippen LogP contribution in [-0.4, -0.2) is 33.6 Å². The van der Waals surface area contributed by atoms with E-state index >= 15 is 0 Å². The summed E-state index contributed by atoms with van der Waals surface area (Å²) in [5, 5.41) is 3.41. The summed E-state index contributed by atoms with van der Waals surface area (Å²) in [6, 6.07) is 17.9. The van der Waals surface area contributed by atoms with Crippen molar-refractivity contribution in [3.05, 3.63) is 90.3 Å². The maximum Gasteiger partial charge on any atom is 0.0425 e. The Morgan fingerprint density at radius 2 is 1.27 bits per heavy atom. The first-order valence-corrected chi connectivity index (χ1v) is 8.85. The molecule has 5 nitrogen and oxygen atoms in total. The number of pyridine rings is 3. The molecule has 5 heteroatoms. The number of rotatable bonds is 8. The van der Waals surface area contributed by atoms with Crippen LogP contribution < -0.4 is 11.1 Å². The Hall–Kier alpha value is -2.63. The van der Waals surface area contributed by atoms with Crippen LogP contribution in [0.15, 0.2) is 73.2 Å². The standard InChI is InChI=1S/C21H25N5/c1-23-20(14-17-8-2-5-11-24-17)21(22,15-18-9-3-6-12-25-18)16-19-10-4-7-13-26-19/h2-13,20,23H,14-16,22H2,1H3. The highest BCUT2D eigenvalue weighted by atomic mass is 15.0. The van der Waals surface area contributed by atoms with Gasteiger partial charge in [0.2, 0.25) is 0 Å². The number of hydrogen-bond acceptors (Lipinski definition) is 5. The lowest BCUT2D eigenvalue weighted by Gasteiger charge is -2.37. The zero-order valence-corrected chi connectivity index (χ0v) is 15.0. The fraction of sp³-hybridized carbons (Fsp3) is 0.286. The van der Waals surface area contributed by atoms with Crippen LogP contribution in [-0.2, 0) is 19.3 Å². The second-order valence-corrected chi connectivity index (χ2v) is 6.60. The highest BCUT2D eigenvalue weighted by Crippen LogP contribution is 2.21. The second-order valence-electron chi connectivity index (χ2n) is 6.60. The summed E-state index contributed by atoms with van der Waals surface area (Å²) >= 11 is 0. The third kappa shape index (κ3) is 4.71. The van der Waals surface area contributed by atoms with Crippen LogP contribution in [0.1, 0.15) is 17.1 Å². The number of hydrogen-bond donors (Lipinski definition) is 2. The molecular weight excluding hydrogens is 322 g/mol. The van der Waals surface area contributed by atoms with Gasteiger partial charge in [0.25, 0.3) is 0 Å². The van der Waals surface area contributed by atoms with Gasteiger partial charge < -0.3 is 11.1 Å². The molecule has 1 atom stereocenters. The minimum atomic E-state index is -0.547. The molecule has 3 heterocycles. The van der Waals surface area contributed by atoms with Crippen molar-refractivity contribution in [1.29, 1.82) is 0 Å². The van der Waals surface area contributed by atoms with Gasteiger partial charge in [0.05, 0.1) is 0 Å². The van der Waals surface area contributed by atoms with Crippen LogP contribution in [0.25, 0.3) is 0 Å². The van der Waals surface area contributed by atoms with Crippen LogP contribution in [0, 0.1) is 0 Å². The Morgan fingerprint density at radius 1 is 0.808 bits per heavy atom. The highest BCUT2D eigenvalue weighted by Gasteiger charge is 2.35. The normalized spacial score (nSPS) is 12.7. The molecular formula is C21H25N5. The molecule has 1 unspecified atom stereocenters. The van der Waals surface area contributed by atoms with Gasteiger partial charge in [-0.2, -0.15) is 0 Å². The predicted molar refractivity (Wildman–Crippen MR) is 104 cm³/mol. The summed E-state index contributed by atoms with van der Waals surface area (Å²) in [6.45, 7) is 0. The summed E-state index contributed by atoms with van der Waals surface area (Å²) in [5.74, 6) is 0. The minimum Gasteiger partial charge on any atom is -0.323 e. The molecule has 0 aliphatic carbocycles. The largest absolute Gasteiger partial charge is 0.323 e. The van der Waals surface area contributed by atoms with E-state index in [1.807, 2.05) is 80.2 Å². The average molecular weight is 347 g/mol. The molecule has 26 heavy (non-hydrogen) atoms. The van der Waals surface area contributed by atoms with Crippen molar-refractivity contribution in [2.45, 2.75) is 30.8 Å². The number of aromatic nitrogens is 3. The maximum atomic E-state index is 6.99. The number of likely N-dealkylation sites (N-methyl/N-ethyl adjacent to an activating group) is 1. The summed E-state index contributed by atoms with van der Waals surface area (Å²) in [7, 11) is 1.95. The molecule has 3 aromatic heterocycles. The van der Waals surface area contributed by atoms with Crippen molar-refractivity contribution in [2.24, 2.45) is 5.73 Å². The van der Waals surface area contributed by atoms with E-state index in [2.05, 4.69) is 20.3 Å². The molecule has 134 valence electrons. The fourth-order valence-corrected chi connectivity index (χ4v) is 3.31. The van der Waals surface area contributed by atoms with E-state index in [-0.39, 0.29) is 6.04 Å². The van der Waals surface area contributed by atoms with Crippen molar-refractivity contribution >= 4 is 0 Å². The first kappa shape index (κ1) is 18.2. The zero-order valence-electron chi connectivity index (χ0n) is 15.0. The third-order valence-electron chi connectivity index (χ3n) is 4.65. The summed E-state index contributed by atoms with van der Waals surface area (Å²) in [5.41, 5.74) is 9.42. The van der Waals surface area contributed by atoms with Gasteiger partial charge >= 0.3 is 0 Å². The first-order chi connectivity index (χ1) is 12.7. The van der Waals surface area contributed by atoms with Gasteiger partial charge in [0.15, 0.2) is 0 Å². The molecule has 3 N–H and O–H groups in total. The molecule has 3 aromatic rings. The quantitative estimate of drug-likeness (QED) is 0.653. The van der Waals surface area contributed by atoms with Gasteiger partial charge in [-0.1, -0.05) is 18.2 Å². The second kappa shape index (κ2) is 8.65. The van der Waals surface area contributed by atoms with E-state index in [4.69, 9.17) is 5.73 Å². The smallest absolute Gasteiger partial charge is 0.0425 e. The van der Waals surface area contributed by atoms with Gasteiger partial charge in [0, 0.05) is 66.5 Å². The fourth-order valence-electron chi connectivity index (χ4n) is 3.31. The molecule has 0 aliphatic heterocycles. The van der Waals surface area contributed by atoms with E-state index in [0.717, 1.165) is 23.5 Å². The first-order valence-electron chi connectivity index (χ1n) is 8.85. The molecule has 0 radical (unpaired) electrons. The van der Waals surface area contributed by atoms with Crippen molar-refractivity contribution in [1.82, 2.24) is 20.3 Å². The lowest BCUT2D eigenvalue weighted by Crippen LogP contribution is -2.60. The van der Waals surface area contributed by atoms with E-state index < -0.39 is 5.54 Å². The van der Waals surface area contributed by atoms with E-state index in [0.29, 0.717) is 12.8 Å². The SMILES string of the molecule is CNC(Cc1ccccn1)C(N)(Cc1ccccn1)Cc1ccccn1. The molecule has 0 bridgehead atoms. The van der Waals surface area contributed by atoms with Crippen molar-refractivity contribution in [2.75, 3.05) is 7.05 Å². The van der Waals surface area contributed by atoms with Crippen LogP contribution >= 0.6 is 0 Å². The molecule has 0 aliphatic rings. The number of nitrogens with two attached hydrogens (primary N) is 1. The summed E-state index contributed by atoms with van der Waals surface area (Å²) < 4.78 is 0. The van der Waals surface area contributed by atoms with Crippen LogP contribution in [0.4, 0.5) is 0 Å². The molecule has 0 aromatic carbocycles. The lowest BCUT2D eigenvalue weighted by atomic mass is 9.79. The van der Waals surface area contributed by atoms with Gasteiger partial charge in [0.1, 0.15) is 0 Å². The number of nitrogens with one attached hydrogen (secondary N) is 1. The van der Waals surface area contributed by atoms with E-state index in [1.54, 1.807) is 0 Å². The summed E-state index contributed by atoms with van der Waals surface area (Å²) in [6.07, 6.45) is 7.49. The molecule has 0 spiro atoms. The monoisotopic (exact) mass is 347 g/mol. The van der Waals surface area contributed by atoms with Crippen LogP contribution in [0.5, 0.6) is 0 Å². The Labute approximate surface area is 154 Å². The average Bonchev–Trinajstić information content (AvgIpc) is 2.68. The van der Waals surface area contributed by atoms with Crippen LogP contribution in [0.2, 0.25) is 0 Å². The molecule has 0 amide bonds. The lowest BCUT2D eigenvalue weighted by molar-refractivity contribution is 0.293. The zero-order chi connectivity index (χ0) is 18.2. The van der Waals surface area contributed by atoms with E-state index in [9.17, 15) is 0 Å². The summed E-state index contributed by atoms with van der Waals surface area (Å²) in [4.78, 5) is 13.4. The topological polar surface area (TPSA) is 76.7 Å². The molecule has 0 saturated heterocycles. The Kier molecular flexibility index (Phi) is 6.04. The van der Waals surface area contributed by atoms with Gasteiger partial charge in [-0.3, -0.25) is 15.0 Å². The molecule has 3 rings (SSSR count). The van der Waals surface area contributed by atoms with Gasteiger partial charge in [-0.25, -0.2) is 0 Å². The Balaban J connectivity index is 1.89. The highest BCUT2D eigenvalue weighted by molar-refractivity contribution is 5.18.